The van der Waals surface area contributed by atoms with Crippen LogP contribution in [-0.4, -0.2) is 0 Å². The van der Waals surface area contributed by atoms with Crippen molar-refractivity contribution in [2.24, 2.45) is 0 Å². The predicted octanol–water partition coefficient (Wildman–Crippen LogP) is 5.54. The van der Waals surface area contributed by atoms with E-state index in [4.69, 9.17) is 4.74 Å². The van der Waals surface area contributed by atoms with E-state index in [1.54, 1.807) is 0 Å². The summed E-state index contributed by atoms with van der Waals surface area (Å²) in [7, 11) is 0. The SMILES string of the molecule is Cc1ccc(C(C)C)c(Oc2cccc(Br)c2C#N)c1. The molecule has 0 saturated heterocycles. The maximum absolute atomic E-state index is 9.25. The fourth-order valence-corrected chi connectivity index (χ4v) is 2.46. The number of hydrogen-bond acceptors (Lipinski definition) is 2. The smallest absolute Gasteiger partial charge is 0.146 e. The molecule has 0 aliphatic heterocycles. The van der Waals surface area contributed by atoms with Crippen LogP contribution in [0.25, 0.3) is 0 Å². The summed E-state index contributed by atoms with van der Waals surface area (Å²) in [6.45, 7) is 6.29. The van der Waals surface area contributed by atoms with Gasteiger partial charge in [0, 0.05) is 4.47 Å². The van der Waals surface area contributed by atoms with E-state index in [2.05, 4.69) is 48.0 Å². The van der Waals surface area contributed by atoms with Crippen LogP contribution in [0.3, 0.4) is 0 Å². The second-order valence-corrected chi connectivity index (χ2v) is 5.88. The molecule has 2 rings (SSSR count). The second kappa shape index (κ2) is 6.11. The number of aryl methyl sites for hydroxylation is 1. The highest BCUT2D eigenvalue weighted by atomic mass is 79.9. The lowest BCUT2D eigenvalue weighted by Gasteiger charge is -2.15. The van der Waals surface area contributed by atoms with Crippen molar-refractivity contribution in [3.05, 3.63) is 57.6 Å². The van der Waals surface area contributed by atoms with Crippen molar-refractivity contribution < 1.29 is 4.74 Å². The fourth-order valence-electron chi connectivity index (χ4n) is 2.02. The summed E-state index contributed by atoms with van der Waals surface area (Å²) >= 11 is 3.38. The highest BCUT2D eigenvalue weighted by Crippen LogP contribution is 2.34. The molecule has 2 aromatic rings. The molecule has 20 heavy (non-hydrogen) atoms. The van der Waals surface area contributed by atoms with Crippen LogP contribution in [0.2, 0.25) is 0 Å². The molecule has 0 heterocycles. The topological polar surface area (TPSA) is 33.0 Å². The maximum atomic E-state index is 9.25. The molecule has 0 bridgehead atoms. The van der Waals surface area contributed by atoms with E-state index in [0.717, 1.165) is 21.3 Å². The fraction of sp³-hybridized carbons (Fsp3) is 0.235. The van der Waals surface area contributed by atoms with E-state index in [1.807, 2.05) is 31.2 Å². The normalized spacial score (nSPS) is 10.4. The first-order valence-electron chi connectivity index (χ1n) is 6.50. The molecule has 0 saturated carbocycles. The van der Waals surface area contributed by atoms with Crippen LogP contribution < -0.4 is 4.74 Å². The van der Waals surface area contributed by atoms with Gasteiger partial charge in [-0.3, -0.25) is 0 Å². The number of halogens is 1. The van der Waals surface area contributed by atoms with Gasteiger partial charge in [0.05, 0.1) is 0 Å². The van der Waals surface area contributed by atoms with Crippen LogP contribution in [0.1, 0.15) is 36.5 Å². The number of rotatable bonds is 3. The van der Waals surface area contributed by atoms with E-state index in [-0.39, 0.29) is 0 Å². The third-order valence-electron chi connectivity index (χ3n) is 3.10. The lowest BCUT2D eigenvalue weighted by atomic mass is 10.0. The molecule has 102 valence electrons. The molecule has 0 spiro atoms. The monoisotopic (exact) mass is 329 g/mol. The molecule has 0 amide bonds. The Morgan fingerprint density at radius 3 is 2.55 bits per heavy atom. The Bertz CT molecular complexity index is 671. The first-order valence-corrected chi connectivity index (χ1v) is 7.29. The summed E-state index contributed by atoms with van der Waals surface area (Å²) in [4.78, 5) is 0. The first-order chi connectivity index (χ1) is 9.52. The molecule has 0 fully saturated rings. The Kier molecular flexibility index (Phi) is 4.46. The Hall–Kier alpha value is -1.79. The molecule has 2 nitrogen and oxygen atoms in total. The van der Waals surface area contributed by atoms with Gasteiger partial charge in [-0.15, -0.1) is 0 Å². The number of nitrogens with zero attached hydrogens (tertiary/aromatic N) is 1. The Labute approximate surface area is 128 Å². The molecular formula is C17H16BrNO. The average molecular weight is 330 g/mol. The van der Waals surface area contributed by atoms with E-state index < -0.39 is 0 Å². The minimum atomic E-state index is 0.364. The molecule has 0 aliphatic carbocycles. The van der Waals surface area contributed by atoms with Crippen molar-refractivity contribution in [1.29, 1.82) is 5.26 Å². The van der Waals surface area contributed by atoms with Crippen molar-refractivity contribution in [3.63, 3.8) is 0 Å². The van der Waals surface area contributed by atoms with Crippen LogP contribution in [0.5, 0.6) is 11.5 Å². The summed E-state index contributed by atoms with van der Waals surface area (Å²) in [5.41, 5.74) is 2.79. The molecule has 2 aromatic carbocycles. The second-order valence-electron chi connectivity index (χ2n) is 5.02. The minimum Gasteiger partial charge on any atom is -0.456 e. The molecule has 3 heteroatoms. The first kappa shape index (κ1) is 14.6. The van der Waals surface area contributed by atoms with E-state index in [0.29, 0.717) is 17.2 Å². The third-order valence-corrected chi connectivity index (χ3v) is 3.76. The van der Waals surface area contributed by atoms with Gasteiger partial charge in [-0.05, 0) is 58.1 Å². The van der Waals surface area contributed by atoms with Crippen LogP contribution in [0, 0.1) is 18.3 Å². The standard InChI is InChI=1S/C17H16BrNO/c1-11(2)13-8-7-12(3)9-17(13)20-16-6-4-5-15(18)14(16)10-19/h4-9,11H,1-3H3. The zero-order chi connectivity index (χ0) is 14.7. The third kappa shape index (κ3) is 3.02. The molecular weight excluding hydrogens is 314 g/mol. The van der Waals surface area contributed by atoms with Gasteiger partial charge < -0.3 is 4.74 Å². The maximum Gasteiger partial charge on any atom is 0.146 e. The van der Waals surface area contributed by atoms with Gasteiger partial charge in [-0.1, -0.05) is 32.0 Å². The zero-order valence-electron chi connectivity index (χ0n) is 11.8. The predicted molar refractivity (Wildman–Crippen MR) is 84.2 cm³/mol. The van der Waals surface area contributed by atoms with Crippen LogP contribution in [-0.2, 0) is 0 Å². The zero-order valence-corrected chi connectivity index (χ0v) is 13.4. The van der Waals surface area contributed by atoms with Gasteiger partial charge in [0.25, 0.3) is 0 Å². The Balaban J connectivity index is 2.48. The quantitative estimate of drug-likeness (QED) is 0.740. The lowest BCUT2D eigenvalue weighted by Crippen LogP contribution is -1.96. The van der Waals surface area contributed by atoms with Crippen molar-refractivity contribution in [3.8, 4) is 17.6 Å². The Morgan fingerprint density at radius 1 is 1.15 bits per heavy atom. The van der Waals surface area contributed by atoms with Gasteiger partial charge in [0.15, 0.2) is 0 Å². The number of nitriles is 1. The molecule has 0 radical (unpaired) electrons. The van der Waals surface area contributed by atoms with Crippen molar-refractivity contribution in [1.82, 2.24) is 0 Å². The number of hydrogen-bond donors (Lipinski definition) is 0. The summed E-state index contributed by atoms with van der Waals surface area (Å²) in [5, 5.41) is 9.25. The summed E-state index contributed by atoms with van der Waals surface area (Å²) in [6.07, 6.45) is 0. The molecule has 0 atom stereocenters. The highest BCUT2D eigenvalue weighted by molar-refractivity contribution is 9.10. The Morgan fingerprint density at radius 2 is 1.90 bits per heavy atom. The van der Waals surface area contributed by atoms with Gasteiger partial charge in [-0.25, -0.2) is 0 Å². The van der Waals surface area contributed by atoms with E-state index in [9.17, 15) is 5.26 Å². The molecule has 0 N–H and O–H groups in total. The number of benzene rings is 2. The molecule has 0 aromatic heterocycles. The molecule has 0 aliphatic rings. The lowest BCUT2D eigenvalue weighted by molar-refractivity contribution is 0.471. The average Bonchev–Trinajstić information content (AvgIpc) is 2.38. The largest absolute Gasteiger partial charge is 0.456 e. The van der Waals surface area contributed by atoms with Crippen LogP contribution >= 0.6 is 15.9 Å². The summed E-state index contributed by atoms with van der Waals surface area (Å²) < 4.78 is 6.75. The van der Waals surface area contributed by atoms with E-state index in [1.165, 1.54) is 0 Å². The summed E-state index contributed by atoms with van der Waals surface area (Å²) in [6, 6.07) is 13.9. The minimum absolute atomic E-state index is 0.364. The summed E-state index contributed by atoms with van der Waals surface area (Å²) in [5.74, 6) is 1.76. The van der Waals surface area contributed by atoms with Crippen LogP contribution in [0.4, 0.5) is 0 Å². The van der Waals surface area contributed by atoms with Gasteiger partial charge in [-0.2, -0.15) is 5.26 Å². The van der Waals surface area contributed by atoms with Crippen LogP contribution in [0.15, 0.2) is 40.9 Å². The van der Waals surface area contributed by atoms with Crippen molar-refractivity contribution in [2.45, 2.75) is 26.7 Å². The molecule has 0 unspecified atom stereocenters. The van der Waals surface area contributed by atoms with E-state index >= 15 is 0 Å². The highest BCUT2D eigenvalue weighted by Gasteiger charge is 2.12. The van der Waals surface area contributed by atoms with Gasteiger partial charge in [0.1, 0.15) is 23.1 Å². The van der Waals surface area contributed by atoms with Gasteiger partial charge in [0.2, 0.25) is 0 Å². The number of ether oxygens (including phenoxy) is 1. The van der Waals surface area contributed by atoms with Crippen molar-refractivity contribution in [2.75, 3.05) is 0 Å². The van der Waals surface area contributed by atoms with Gasteiger partial charge >= 0.3 is 0 Å². The van der Waals surface area contributed by atoms with Crippen molar-refractivity contribution >= 4 is 15.9 Å².